The van der Waals surface area contributed by atoms with Crippen LogP contribution in [0.3, 0.4) is 0 Å². The molecule has 0 saturated carbocycles. The van der Waals surface area contributed by atoms with Crippen LogP contribution in [0.1, 0.15) is 5.56 Å². The van der Waals surface area contributed by atoms with Crippen LogP contribution in [0.2, 0.25) is 0 Å². The number of ether oxygens (including phenoxy) is 1. The van der Waals surface area contributed by atoms with E-state index in [4.69, 9.17) is 4.74 Å². The molecule has 1 fully saturated rings. The van der Waals surface area contributed by atoms with Crippen LogP contribution in [-0.2, 0) is 22.1 Å². The Kier molecular flexibility index (Phi) is 5.76. The normalized spacial score (nSPS) is 16.7. The molecule has 1 aromatic rings. The molecular formula is C15H22N2O3S. The van der Waals surface area contributed by atoms with Crippen molar-refractivity contribution in [1.82, 2.24) is 9.80 Å². The quantitative estimate of drug-likeness (QED) is 0.804. The lowest BCUT2D eigenvalue weighted by Gasteiger charge is -2.27. The summed E-state index contributed by atoms with van der Waals surface area (Å²) in [4.78, 5) is 16.0. The largest absolute Gasteiger partial charge is 0.496 e. The van der Waals surface area contributed by atoms with Gasteiger partial charge in [-0.1, -0.05) is 18.2 Å². The molecule has 1 aliphatic heterocycles. The van der Waals surface area contributed by atoms with Crippen molar-refractivity contribution in [2.45, 2.75) is 6.54 Å². The van der Waals surface area contributed by atoms with Gasteiger partial charge in [0, 0.05) is 54.6 Å². The fraction of sp³-hybridized carbons (Fsp3) is 0.533. The molecule has 0 spiro atoms. The van der Waals surface area contributed by atoms with Crippen LogP contribution in [0, 0.1) is 0 Å². The molecule has 0 radical (unpaired) electrons. The van der Waals surface area contributed by atoms with E-state index in [0.717, 1.165) is 24.4 Å². The number of likely N-dealkylation sites (N-methyl/N-ethyl adjacent to an activating group) is 1. The second-order valence-corrected chi connectivity index (χ2v) is 6.88. The minimum atomic E-state index is -0.705. The average molecular weight is 310 g/mol. The number of carbonyl (C=O) groups is 1. The summed E-state index contributed by atoms with van der Waals surface area (Å²) in [6.07, 6.45) is 0. The molecule has 0 atom stereocenters. The summed E-state index contributed by atoms with van der Waals surface area (Å²) in [7, 11) is 2.73. The minimum absolute atomic E-state index is 0.0774. The third-order valence-corrected chi connectivity index (χ3v) is 4.93. The Labute approximate surface area is 128 Å². The van der Waals surface area contributed by atoms with Crippen LogP contribution in [0.5, 0.6) is 5.75 Å². The van der Waals surface area contributed by atoms with Gasteiger partial charge in [-0.2, -0.15) is 0 Å². The first kappa shape index (κ1) is 16.0. The molecule has 1 heterocycles. The standard InChI is InChI=1S/C15H22N2O3S/c1-16(11-13-5-3-4-6-14(13)20-2)15(18)12-17-7-9-21(19)10-8-17/h3-6H,7-12H2,1-2H3. The Morgan fingerprint density at radius 2 is 2.00 bits per heavy atom. The fourth-order valence-corrected chi connectivity index (χ4v) is 3.45. The summed E-state index contributed by atoms with van der Waals surface area (Å²) < 4.78 is 16.6. The molecule has 0 bridgehead atoms. The first-order valence-electron chi connectivity index (χ1n) is 7.03. The minimum Gasteiger partial charge on any atom is -0.496 e. The number of para-hydroxylation sites is 1. The number of hydrogen-bond donors (Lipinski definition) is 0. The number of benzene rings is 1. The highest BCUT2D eigenvalue weighted by Gasteiger charge is 2.20. The number of rotatable bonds is 5. The van der Waals surface area contributed by atoms with Gasteiger partial charge in [-0.05, 0) is 6.07 Å². The van der Waals surface area contributed by atoms with Gasteiger partial charge < -0.3 is 9.64 Å². The maximum Gasteiger partial charge on any atom is 0.236 e. The van der Waals surface area contributed by atoms with Crippen molar-refractivity contribution in [2.75, 3.05) is 45.3 Å². The summed E-state index contributed by atoms with van der Waals surface area (Å²) in [6, 6.07) is 7.72. The number of nitrogens with zero attached hydrogens (tertiary/aromatic N) is 2. The van der Waals surface area contributed by atoms with Crippen molar-refractivity contribution in [3.8, 4) is 5.75 Å². The molecule has 0 aliphatic carbocycles. The smallest absolute Gasteiger partial charge is 0.236 e. The van der Waals surface area contributed by atoms with Crippen LogP contribution >= 0.6 is 0 Å². The molecule has 0 N–H and O–H groups in total. The van der Waals surface area contributed by atoms with Crippen LogP contribution in [0.4, 0.5) is 0 Å². The van der Waals surface area contributed by atoms with Gasteiger partial charge in [-0.15, -0.1) is 0 Å². The third-order valence-electron chi connectivity index (χ3n) is 3.66. The highest BCUT2D eigenvalue weighted by molar-refractivity contribution is 7.85. The van der Waals surface area contributed by atoms with E-state index in [0.29, 0.717) is 24.6 Å². The molecule has 2 rings (SSSR count). The maximum atomic E-state index is 12.3. The second kappa shape index (κ2) is 7.56. The molecule has 0 aromatic heterocycles. The summed E-state index contributed by atoms with van der Waals surface area (Å²) in [6.45, 7) is 2.40. The second-order valence-electron chi connectivity index (χ2n) is 5.19. The Morgan fingerprint density at radius 1 is 1.33 bits per heavy atom. The Morgan fingerprint density at radius 3 is 2.67 bits per heavy atom. The summed E-state index contributed by atoms with van der Waals surface area (Å²) in [5.74, 6) is 2.21. The zero-order valence-corrected chi connectivity index (χ0v) is 13.4. The highest BCUT2D eigenvalue weighted by atomic mass is 32.2. The summed E-state index contributed by atoms with van der Waals surface area (Å²) >= 11 is 0. The van der Waals surface area contributed by atoms with Crippen molar-refractivity contribution in [3.05, 3.63) is 29.8 Å². The molecule has 1 saturated heterocycles. The lowest BCUT2D eigenvalue weighted by molar-refractivity contribution is -0.131. The lowest BCUT2D eigenvalue weighted by Crippen LogP contribution is -2.44. The van der Waals surface area contributed by atoms with Gasteiger partial charge in [0.05, 0.1) is 13.7 Å². The number of amides is 1. The fourth-order valence-electron chi connectivity index (χ4n) is 2.32. The Bertz CT molecular complexity index is 511. The van der Waals surface area contributed by atoms with E-state index in [-0.39, 0.29) is 5.91 Å². The first-order valence-corrected chi connectivity index (χ1v) is 8.52. The number of methoxy groups -OCH3 is 1. The molecule has 21 heavy (non-hydrogen) atoms. The van der Waals surface area contributed by atoms with Gasteiger partial charge in [-0.3, -0.25) is 13.9 Å². The van der Waals surface area contributed by atoms with Crippen molar-refractivity contribution >= 4 is 16.7 Å². The zero-order chi connectivity index (χ0) is 15.2. The molecule has 5 nitrogen and oxygen atoms in total. The van der Waals surface area contributed by atoms with Gasteiger partial charge in [-0.25, -0.2) is 0 Å². The van der Waals surface area contributed by atoms with Crippen LogP contribution in [0.25, 0.3) is 0 Å². The molecule has 0 unspecified atom stereocenters. The van der Waals surface area contributed by atoms with Gasteiger partial charge in [0.2, 0.25) is 5.91 Å². The molecular weight excluding hydrogens is 288 g/mol. The topological polar surface area (TPSA) is 49.9 Å². The van der Waals surface area contributed by atoms with E-state index in [1.165, 1.54) is 0 Å². The predicted molar refractivity (Wildman–Crippen MR) is 83.8 cm³/mol. The zero-order valence-electron chi connectivity index (χ0n) is 12.6. The van der Waals surface area contributed by atoms with Gasteiger partial charge in [0.1, 0.15) is 5.75 Å². The van der Waals surface area contributed by atoms with Gasteiger partial charge in [0.25, 0.3) is 0 Å². The van der Waals surface area contributed by atoms with Crippen LogP contribution < -0.4 is 4.74 Å². The molecule has 1 aromatic carbocycles. The number of carbonyl (C=O) groups excluding carboxylic acids is 1. The van der Waals surface area contributed by atoms with E-state index in [1.807, 2.05) is 24.3 Å². The molecule has 116 valence electrons. The van der Waals surface area contributed by atoms with Crippen LogP contribution in [0.15, 0.2) is 24.3 Å². The van der Waals surface area contributed by atoms with Crippen molar-refractivity contribution in [3.63, 3.8) is 0 Å². The van der Waals surface area contributed by atoms with Gasteiger partial charge >= 0.3 is 0 Å². The Balaban J connectivity index is 1.89. The van der Waals surface area contributed by atoms with Gasteiger partial charge in [0.15, 0.2) is 0 Å². The highest BCUT2D eigenvalue weighted by Crippen LogP contribution is 2.18. The van der Waals surface area contributed by atoms with E-state index < -0.39 is 10.8 Å². The third kappa shape index (κ3) is 4.54. The average Bonchev–Trinajstić information content (AvgIpc) is 2.50. The maximum absolute atomic E-state index is 12.3. The van der Waals surface area contributed by atoms with E-state index in [1.54, 1.807) is 19.1 Å². The van der Waals surface area contributed by atoms with Crippen molar-refractivity contribution in [2.24, 2.45) is 0 Å². The van der Waals surface area contributed by atoms with E-state index in [2.05, 4.69) is 4.90 Å². The van der Waals surface area contributed by atoms with E-state index in [9.17, 15) is 9.00 Å². The predicted octanol–water partition coefficient (Wildman–Crippen LogP) is 0.718. The monoisotopic (exact) mass is 310 g/mol. The number of hydrogen-bond acceptors (Lipinski definition) is 4. The molecule has 1 amide bonds. The molecule has 1 aliphatic rings. The molecule has 6 heteroatoms. The summed E-state index contributed by atoms with van der Waals surface area (Å²) in [5, 5.41) is 0. The van der Waals surface area contributed by atoms with E-state index >= 15 is 0 Å². The SMILES string of the molecule is COc1ccccc1CN(C)C(=O)CN1CCS(=O)CC1. The first-order chi connectivity index (χ1) is 10.1. The van der Waals surface area contributed by atoms with Crippen LogP contribution in [-0.4, -0.2) is 65.2 Å². The Hall–Kier alpha value is -1.40. The lowest BCUT2D eigenvalue weighted by atomic mass is 10.2. The van der Waals surface area contributed by atoms with Crippen molar-refractivity contribution < 1.29 is 13.7 Å². The van der Waals surface area contributed by atoms with Crippen molar-refractivity contribution in [1.29, 1.82) is 0 Å². The summed E-state index contributed by atoms with van der Waals surface area (Å²) in [5.41, 5.74) is 0.996.